The highest BCUT2D eigenvalue weighted by atomic mass is 16.3. The average Bonchev–Trinajstić information content (AvgIpc) is 3.29. The highest BCUT2D eigenvalue weighted by Crippen LogP contribution is 2.41. The first kappa shape index (κ1) is 18.7. The lowest BCUT2D eigenvalue weighted by atomic mass is 9.71. The van der Waals surface area contributed by atoms with Crippen LogP contribution in [0.2, 0.25) is 0 Å². The van der Waals surface area contributed by atoms with E-state index in [0.717, 1.165) is 36.1 Å². The Kier molecular flexibility index (Phi) is 5.22. The van der Waals surface area contributed by atoms with E-state index < -0.39 is 0 Å². The van der Waals surface area contributed by atoms with Gasteiger partial charge in [0.2, 0.25) is 5.91 Å². The number of nitrogens with one attached hydrogen (secondary N) is 1. The van der Waals surface area contributed by atoms with Gasteiger partial charge in [-0.25, -0.2) is 4.98 Å². The monoisotopic (exact) mass is 380 g/mol. The van der Waals surface area contributed by atoms with Crippen LogP contribution in [0.4, 0.5) is 5.69 Å². The summed E-state index contributed by atoms with van der Waals surface area (Å²) in [6, 6.07) is 9.81. The molecular weight excluding hydrogens is 352 g/mol. The van der Waals surface area contributed by atoms with Crippen molar-refractivity contribution in [2.24, 2.45) is 12.5 Å². The molecule has 0 saturated heterocycles. The van der Waals surface area contributed by atoms with Crippen LogP contribution in [0.25, 0.3) is 11.0 Å². The predicted octanol–water partition coefficient (Wildman–Crippen LogP) is 3.85. The first-order chi connectivity index (χ1) is 13.6. The molecule has 0 atom stereocenters. The largest absolute Gasteiger partial charge is 0.388 e. The minimum absolute atomic E-state index is 0.0283. The summed E-state index contributed by atoms with van der Waals surface area (Å²) >= 11 is 0. The van der Waals surface area contributed by atoms with Gasteiger partial charge in [0.05, 0.1) is 11.0 Å². The maximum absolute atomic E-state index is 12.9. The number of fused-ring (bicyclic) bond motifs is 1. The van der Waals surface area contributed by atoms with Gasteiger partial charge in [0.1, 0.15) is 12.4 Å². The summed E-state index contributed by atoms with van der Waals surface area (Å²) in [5.74, 6) is 0.679. The highest BCUT2D eigenvalue weighted by molar-refractivity contribution is 5.93. The van der Waals surface area contributed by atoms with Crippen LogP contribution in [0.3, 0.4) is 0 Å². The number of rotatable bonds is 6. The van der Waals surface area contributed by atoms with Gasteiger partial charge in [0.25, 0.3) is 0 Å². The molecule has 1 fully saturated rings. The third-order valence-corrected chi connectivity index (χ3v) is 6.03. The Labute approximate surface area is 165 Å². The summed E-state index contributed by atoms with van der Waals surface area (Å²) in [4.78, 5) is 17.3. The van der Waals surface area contributed by atoms with Crippen LogP contribution in [0.5, 0.6) is 0 Å². The maximum Gasteiger partial charge on any atom is 0.224 e. The van der Waals surface area contributed by atoms with Crippen LogP contribution < -0.4 is 5.32 Å². The number of aryl methyl sites for hydroxylation is 1. The third-order valence-electron chi connectivity index (χ3n) is 6.03. The molecule has 1 aliphatic rings. The van der Waals surface area contributed by atoms with Crippen molar-refractivity contribution in [1.29, 1.82) is 0 Å². The van der Waals surface area contributed by atoms with Crippen LogP contribution in [0.1, 0.15) is 44.3 Å². The fraction of sp³-hybridized carbons (Fsp3) is 0.455. The summed E-state index contributed by atoms with van der Waals surface area (Å²) in [6.45, 7) is 0.793. The average molecular weight is 380 g/mol. The number of carbonyl (C=O) groups excluding carboxylic acids is 1. The van der Waals surface area contributed by atoms with Gasteiger partial charge >= 0.3 is 0 Å². The molecule has 2 heterocycles. The lowest BCUT2D eigenvalue weighted by Crippen LogP contribution is -2.33. The fourth-order valence-corrected chi connectivity index (χ4v) is 4.57. The lowest BCUT2D eigenvalue weighted by molar-refractivity contribution is -0.119. The van der Waals surface area contributed by atoms with E-state index in [1.807, 2.05) is 41.9 Å². The molecule has 1 saturated carbocycles. The number of hydrogen-bond acceptors (Lipinski definition) is 3. The molecule has 1 amide bonds. The number of nitrogens with zero attached hydrogens (tertiary/aromatic N) is 3. The zero-order valence-electron chi connectivity index (χ0n) is 16.4. The molecule has 0 unspecified atom stereocenters. The Balaban J connectivity index is 1.49. The van der Waals surface area contributed by atoms with E-state index in [2.05, 4.69) is 27.3 Å². The Morgan fingerprint density at radius 1 is 1.21 bits per heavy atom. The molecule has 28 heavy (non-hydrogen) atoms. The van der Waals surface area contributed by atoms with E-state index in [1.165, 1.54) is 19.3 Å². The van der Waals surface area contributed by atoms with E-state index in [-0.39, 0.29) is 17.9 Å². The summed E-state index contributed by atoms with van der Waals surface area (Å²) < 4.78 is 4.07. The molecule has 148 valence electrons. The Morgan fingerprint density at radius 3 is 2.68 bits per heavy atom. The number of aromatic nitrogens is 3. The molecule has 2 aromatic heterocycles. The number of carbonyl (C=O) groups is 1. The van der Waals surface area contributed by atoms with Crippen molar-refractivity contribution in [2.75, 3.05) is 5.32 Å². The zero-order chi connectivity index (χ0) is 19.6. The first-order valence-electron chi connectivity index (χ1n) is 10.1. The van der Waals surface area contributed by atoms with Crippen molar-refractivity contribution in [2.45, 2.75) is 51.7 Å². The van der Waals surface area contributed by atoms with Crippen molar-refractivity contribution < 1.29 is 9.90 Å². The molecule has 6 nitrogen and oxygen atoms in total. The van der Waals surface area contributed by atoms with Gasteiger partial charge < -0.3 is 19.6 Å². The fourth-order valence-electron chi connectivity index (χ4n) is 4.57. The van der Waals surface area contributed by atoms with Crippen molar-refractivity contribution in [3.8, 4) is 0 Å². The third kappa shape index (κ3) is 3.83. The van der Waals surface area contributed by atoms with Crippen LogP contribution in [-0.4, -0.2) is 25.1 Å². The van der Waals surface area contributed by atoms with Gasteiger partial charge in [-0.15, -0.1) is 0 Å². The van der Waals surface area contributed by atoms with Crippen molar-refractivity contribution in [3.63, 3.8) is 0 Å². The molecular formula is C22H28N4O2. The molecule has 2 N–H and O–H groups in total. The second-order valence-corrected chi connectivity index (χ2v) is 8.09. The SMILES string of the molecule is Cn1c(CO)nc2cc(NC(=O)CC3(Cn4cccc4)CCCCC3)ccc21. The maximum atomic E-state index is 12.9. The molecule has 1 aromatic carbocycles. The first-order valence-corrected chi connectivity index (χ1v) is 10.1. The van der Waals surface area contributed by atoms with E-state index in [1.54, 1.807) is 0 Å². The number of hydrogen-bond donors (Lipinski definition) is 2. The van der Waals surface area contributed by atoms with Crippen LogP contribution >= 0.6 is 0 Å². The van der Waals surface area contributed by atoms with E-state index in [9.17, 15) is 9.90 Å². The van der Waals surface area contributed by atoms with Gasteiger partial charge in [0, 0.05) is 38.1 Å². The smallest absolute Gasteiger partial charge is 0.224 e. The standard InChI is InChI=1S/C22H28N4O2/c1-25-19-8-7-17(13-18(19)24-20(25)15-27)23-21(28)14-22(9-3-2-4-10-22)16-26-11-5-6-12-26/h5-8,11-13,27H,2-4,9-10,14-16H2,1H3,(H,23,28). The Bertz CT molecular complexity index is 952. The molecule has 6 heteroatoms. The number of benzene rings is 1. The van der Waals surface area contributed by atoms with E-state index in [0.29, 0.717) is 12.2 Å². The number of anilines is 1. The summed E-state index contributed by atoms with van der Waals surface area (Å²) in [5.41, 5.74) is 2.51. The number of amides is 1. The van der Waals surface area contributed by atoms with Crippen LogP contribution in [0, 0.1) is 5.41 Å². The van der Waals surface area contributed by atoms with Crippen molar-refractivity contribution in [1.82, 2.24) is 14.1 Å². The minimum Gasteiger partial charge on any atom is -0.388 e. The van der Waals surface area contributed by atoms with Crippen LogP contribution in [-0.2, 0) is 25.0 Å². The van der Waals surface area contributed by atoms with Gasteiger partial charge in [-0.2, -0.15) is 0 Å². The van der Waals surface area contributed by atoms with E-state index >= 15 is 0 Å². The number of aliphatic hydroxyl groups is 1. The van der Waals surface area contributed by atoms with Crippen molar-refractivity contribution in [3.05, 3.63) is 48.5 Å². The zero-order valence-corrected chi connectivity index (χ0v) is 16.4. The summed E-state index contributed by atoms with van der Waals surface area (Å²) in [7, 11) is 1.88. The minimum atomic E-state index is -0.102. The molecule has 3 aromatic rings. The summed E-state index contributed by atoms with van der Waals surface area (Å²) in [6.07, 6.45) is 10.5. The Morgan fingerprint density at radius 2 is 1.96 bits per heavy atom. The normalized spacial score (nSPS) is 16.4. The second-order valence-electron chi connectivity index (χ2n) is 8.09. The molecule has 4 rings (SSSR count). The van der Waals surface area contributed by atoms with Crippen molar-refractivity contribution >= 4 is 22.6 Å². The highest BCUT2D eigenvalue weighted by Gasteiger charge is 2.34. The quantitative estimate of drug-likeness (QED) is 0.682. The van der Waals surface area contributed by atoms with Gasteiger partial charge in [-0.05, 0) is 48.6 Å². The number of aliphatic hydroxyl groups excluding tert-OH is 1. The molecule has 0 spiro atoms. The van der Waals surface area contributed by atoms with Gasteiger partial charge in [-0.1, -0.05) is 19.3 Å². The van der Waals surface area contributed by atoms with E-state index in [4.69, 9.17) is 0 Å². The number of imidazole rings is 1. The second kappa shape index (κ2) is 7.80. The molecule has 0 radical (unpaired) electrons. The Hall–Kier alpha value is -2.60. The predicted molar refractivity (Wildman–Crippen MR) is 110 cm³/mol. The van der Waals surface area contributed by atoms with Crippen LogP contribution in [0.15, 0.2) is 42.7 Å². The molecule has 1 aliphatic carbocycles. The summed E-state index contributed by atoms with van der Waals surface area (Å²) in [5, 5.41) is 12.5. The van der Waals surface area contributed by atoms with Gasteiger partial charge in [0.15, 0.2) is 0 Å². The van der Waals surface area contributed by atoms with Gasteiger partial charge in [-0.3, -0.25) is 4.79 Å². The molecule has 0 bridgehead atoms. The lowest BCUT2D eigenvalue weighted by Gasteiger charge is -2.37. The molecule has 0 aliphatic heterocycles. The topological polar surface area (TPSA) is 72.1 Å².